The van der Waals surface area contributed by atoms with Crippen LogP contribution in [0.3, 0.4) is 0 Å². The lowest BCUT2D eigenvalue weighted by Gasteiger charge is -2.05. The van der Waals surface area contributed by atoms with Crippen molar-refractivity contribution in [2.45, 2.75) is 25.9 Å². The monoisotopic (exact) mass is 204 g/mol. The number of aromatic amines is 1. The highest BCUT2D eigenvalue weighted by atomic mass is 35.5. The number of hydrogen-bond donors (Lipinski definition) is 1. The van der Waals surface area contributed by atoms with Crippen molar-refractivity contribution in [1.82, 2.24) is 9.97 Å². The number of halogens is 2. The van der Waals surface area contributed by atoms with Gasteiger partial charge in [0.2, 0.25) is 0 Å². The molecule has 1 heterocycles. The van der Waals surface area contributed by atoms with E-state index in [0.717, 1.165) is 6.33 Å². The fourth-order valence-corrected chi connectivity index (χ4v) is 1.23. The summed E-state index contributed by atoms with van der Waals surface area (Å²) in [6, 6.07) is 0. The fourth-order valence-electron chi connectivity index (χ4n) is 1.01. The maximum atomic E-state index is 13.3. The molecule has 0 aliphatic heterocycles. The Labute approximate surface area is 80.0 Å². The van der Waals surface area contributed by atoms with Crippen molar-refractivity contribution in [1.29, 1.82) is 0 Å². The van der Waals surface area contributed by atoms with Gasteiger partial charge in [0.25, 0.3) is 5.56 Å². The number of aromatic nitrogens is 2. The van der Waals surface area contributed by atoms with Gasteiger partial charge in [-0.15, -0.1) is 0 Å². The first-order valence-corrected chi connectivity index (χ1v) is 4.41. The SMILES string of the molecule is CCCC(F)c1nc[nH]c(=O)c1Cl. The molecule has 5 heteroatoms. The Hall–Kier alpha value is -0.900. The maximum Gasteiger partial charge on any atom is 0.269 e. The van der Waals surface area contributed by atoms with Gasteiger partial charge in [0.1, 0.15) is 16.9 Å². The van der Waals surface area contributed by atoms with E-state index in [2.05, 4.69) is 9.97 Å². The summed E-state index contributed by atoms with van der Waals surface area (Å²) < 4.78 is 13.3. The lowest BCUT2D eigenvalue weighted by atomic mass is 10.1. The van der Waals surface area contributed by atoms with E-state index >= 15 is 0 Å². The Bertz CT molecular complexity index is 339. The zero-order valence-electron chi connectivity index (χ0n) is 7.18. The first-order valence-electron chi connectivity index (χ1n) is 4.04. The largest absolute Gasteiger partial charge is 0.312 e. The molecule has 13 heavy (non-hydrogen) atoms. The quantitative estimate of drug-likeness (QED) is 0.821. The van der Waals surface area contributed by atoms with Crippen molar-refractivity contribution in [3.8, 4) is 0 Å². The molecule has 72 valence electrons. The smallest absolute Gasteiger partial charge is 0.269 e. The summed E-state index contributed by atoms with van der Waals surface area (Å²) in [5.74, 6) is 0. The molecule has 1 aromatic heterocycles. The zero-order chi connectivity index (χ0) is 9.84. The first-order chi connectivity index (χ1) is 6.16. The standard InChI is InChI=1S/C8H10ClFN2O/c1-2-3-5(10)7-6(9)8(13)12-4-11-7/h4-5H,2-3H2,1H3,(H,11,12,13). The number of H-pyrrole nitrogens is 1. The zero-order valence-corrected chi connectivity index (χ0v) is 7.94. The first kappa shape index (κ1) is 10.2. The summed E-state index contributed by atoms with van der Waals surface area (Å²) in [7, 11) is 0. The molecule has 0 fully saturated rings. The molecule has 3 nitrogen and oxygen atoms in total. The van der Waals surface area contributed by atoms with Crippen LogP contribution in [0.15, 0.2) is 11.1 Å². The van der Waals surface area contributed by atoms with E-state index in [1.807, 2.05) is 6.92 Å². The van der Waals surface area contributed by atoms with Crippen molar-refractivity contribution < 1.29 is 4.39 Å². The number of rotatable bonds is 3. The van der Waals surface area contributed by atoms with Crippen LogP contribution in [0.5, 0.6) is 0 Å². The molecule has 0 aliphatic rings. The van der Waals surface area contributed by atoms with E-state index in [4.69, 9.17) is 11.6 Å². The molecule has 0 aliphatic carbocycles. The van der Waals surface area contributed by atoms with Crippen LogP contribution in [0.25, 0.3) is 0 Å². The molecule has 0 saturated heterocycles. The highest BCUT2D eigenvalue weighted by Crippen LogP contribution is 2.24. The van der Waals surface area contributed by atoms with Gasteiger partial charge in [0, 0.05) is 0 Å². The normalized spacial score (nSPS) is 12.8. The Morgan fingerprint density at radius 2 is 2.46 bits per heavy atom. The molecular formula is C8H10ClFN2O. The van der Waals surface area contributed by atoms with Crippen LogP contribution in [0.2, 0.25) is 5.02 Å². The molecule has 0 radical (unpaired) electrons. The summed E-state index contributed by atoms with van der Waals surface area (Å²) in [6.45, 7) is 1.85. The van der Waals surface area contributed by atoms with Crippen LogP contribution in [0, 0.1) is 0 Å². The molecule has 0 spiro atoms. The van der Waals surface area contributed by atoms with Crippen LogP contribution < -0.4 is 5.56 Å². The molecular weight excluding hydrogens is 195 g/mol. The molecule has 1 unspecified atom stereocenters. The van der Waals surface area contributed by atoms with Crippen LogP contribution in [-0.4, -0.2) is 9.97 Å². The number of alkyl halides is 1. The minimum atomic E-state index is -1.25. The van der Waals surface area contributed by atoms with E-state index in [1.54, 1.807) is 0 Å². The lowest BCUT2D eigenvalue weighted by molar-refractivity contribution is 0.313. The minimum absolute atomic E-state index is 0.0345. The average Bonchev–Trinajstić information content (AvgIpc) is 2.10. The second-order valence-corrected chi connectivity index (χ2v) is 3.07. The van der Waals surface area contributed by atoms with Crippen LogP contribution >= 0.6 is 11.6 Å². The van der Waals surface area contributed by atoms with E-state index < -0.39 is 11.7 Å². The third-order valence-corrected chi connectivity index (χ3v) is 2.03. The van der Waals surface area contributed by atoms with Crippen molar-refractivity contribution in [3.63, 3.8) is 0 Å². The molecule has 0 bridgehead atoms. The van der Waals surface area contributed by atoms with Gasteiger partial charge in [-0.25, -0.2) is 9.37 Å². The summed E-state index contributed by atoms with van der Waals surface area (Å²) >= 11 is 5.58. The third-order valence-electron chi connectivity index (χ3n) is 1.66. The number of nitrogens with zero attached hydrogens (tertiary/aromatic N) is 1. The fraction of sp³-hybridized carbons (Fsp3) is 0.500. The molecule has 0 saturated carbocycles. The molecule has 0 amide bonds. The molecule has 1 N–H and O–H groups in total. The van der Waals surface area contributed by atoms with E-state index in [0.29, 0.717) is 12.8 Å². The van der Waals surface area contributed by atoms with Crippen LogP contribution in [0.1, 0.15) is 31.6 Å². The summed E-state index contributed by atoms with van der Waals surface area (Å²) in [4.78, 5) is 16.9. The van der Waals surface area contributed by atoms with Crippen molar-refractivity contribution in [2.24, 2.45) is 0 Å². The van der Waals surface area contributed by atoms with Gasteiger partial charge in [-0.3, -0.25) is 4.79 Å². The van der Waals surface area contributed by atoms with Crippen molar-refractivity contribution in [3.05, 3.63) is 27.4 Å². The second kappa shape index (κ2) is 4.37. The molecule has 1 atom stereocenters. The minimum Gasteiger partial charge on any atom is -0.312 e. The third kappa shape index (κ3) is 2.28. The Kier molecular flexibility index (Phi) is 3.42. The highest BCUT2D eigenvalue weighted by molar-refractivity contribution is 6.31. The average molecular weight is 205 g/mol. The van der Waals surface area contributed by atoms with Gasteiger partial charge in [-0.05, 0) is 6.42 Å². The van der Waals surface area contributed by atoms with Gasteiger partial charge in [-0.1, -0.05) is 24.9 Å². The van der Waals surface area contributed by atoms with Crippen molar-refractivity contribution in [2.75, 3.05) is 0 Å². The van der Waals surface area contributed by atoms with Crippen molar-refractivity contribution >= 4 is 11.6 Å². The predicted octanol–water partition coefficient (Wildman–Crippen LogP) is 2.23. The Balaban J connectivity index is 3.00. The van der Waals surface area contributed by atoms with E-state index in [1.165, 1.54) is 0 Å². The summed E-state index contributed by atoms with van der Waals surface area (Å²) in [5, 5.41) is -0.150. The Morgan fingerprint density at radius 3 is 3.08 bits per heavy atom. The highest BCUT2D eigenvalue weighted by Gasteiger charge is 2.15. The Morgan fingerprint density at radius 1 is 1.77 bits per heavy atom. The van der Waals surface area contributed by atoms with Gasteiger partial charge >= 0.3 is 0 Å². The lowest BCUT2D eigenvalue weighted by Crippen LogP contribution is -2.11. The summed E-state index contributed by atoms with van der Waals surface area (Å²) in [5.41, 5.74) is -0.460. The molecule has 0 aromatic carbocycles. The van der Waals surface area contributed by atoms with Gasteiger partial charge in [0.15, 0.2) is 0 Å². The van der Waals surface area contributed by atoms with Gasteiger partial charge in [-0.2, -0.15) is 0 Å². The number of hydrogen-bond acceptors (Lipinski definition) is 2. The summed E-state index contributed by atoms with van der Waals surface area (Å²) in [6.07, 6.45) is 0.924. The second-order valence-electron chi connectivity index (χ2n) is 2.69. The molecule has 1 aromatic rings. The van der Waals surface area contributed by atoms with E-state index in [9.17, 15) is 9.18 Å². The van der Waals surface area contributed by atoms with E-state index in [-0.39, 0.29) is 10.7 Å². The maximum absolute atomic E-state index is 13.3. The number of nitrogens with one attached hydrogen (secondary N) is 1. The van der Waals surface area contributed by atoms with Crippen LogP contribution in [-0.2, 0) is 0 Å². The molecule has 1 rings (SSSR count). The predicted molar refractivity (Wildman–Crippen MR) is 48.6 cm³/mol. The topological polar surface area (TPSA) is 45.8 Å². The van der Waals surface area contributed by atoms with Gasteiger partial charge < -0.3 is 4.98 Å². The van der Waals surface area contributed by atoms with Crippen LogP contribution in [0.4, 0.5) is 4.39 Å². The van der Waals surface area contributed by atoms with Gasteiger partial charge in [0.05, 0.1) is 6.33 Å².